The van der Waals surface area contributed by atoms with Crippen molar-refractivity contribution in [2.24, 2.45) is 0 Å². The molecule has 2 heterocycles. The number of amides is 6. The standard InChI is InChI=1S/C28H22Cl4N6O6S4/c29-13-5-7-15(17(31)11-13)23(41)35-33-19(39)3-1-9-37-25(43)21(47-27(37)45)22-26(44)38(28(46)48-22)10-2-4-20(40)34-36-24(42)16-8-6-14(30)12-18(16)32/h5-8,11-12H,1-4,9-10H2,(H,33,39)(H,34,40)(H,35,41)(H,36,42)/b22-21+. The minimum Gasteiger partial charge on any atom is -0.293 e. The maximum absolute atomic E-state index is 13.2. The van der Waals surface area contributed by atoms with Gasteiger partial charge in [-0.2, -0.15) is 0 Å². The number of halogens is 4. The van der Waals surface area contributed by atoms with Crippen LogP contribution in [-0.2, 0) is 19.2 Å². The van der Waals surface area contributed by atoms with E-state index < -0.39 is 35.4 Å². The van der Waals surface area contributed by atoms with Crippen LogP contribution in [0.15, 0.2) is 46.2 Å². The van der Waals surface area contributed by atoms with Gasteiger partial charge in [-0.05, 0) is 49.2 Å². The Hall–Kier alpha value is -2.96. The maximum atomic E-state index is 13.2. The second kappa shape index (κ2) is 17.1. The summed E-state index contributed by atoms with van der Waals surface area (Å²) < 4.78 is 0.426. The number of hydrogen-bond acceptors (Lipinski definition) is 10. The molecular formula is C28H22Cl4N6O6S4. The Labute approximate surface area is 312 Å². The lowest BCUT2D eigenvalue weighted by atomic mass is 10.2. The predicted octanol–water partition coefficient (Wildman–Crippen LogP) is 5.02. The second-order valence-corrected chi connectivity index (χ2v) is 14.7. The largest absolute Gasteiger partial charge is 0.293 e. The molecule has 2 saturated heterocycles. The molecule has 2 aromatic carbocycles. The van der Waals surface area contributed by atoms with Crippen molar-refractivity contribution in [3.8, 4) is 0 Å². The summed E-state index contributed by atoms with van der Waals surface area (Å²) in [6.07, 6.45) is 0.323. The highest BCUT2D eigenvalue weighted by molar-refractivity contribution is 8.29. The minimum atomic E-state index is -0.632. The molecular weight excluding hydrogens is 786 g/mol. The Bertz CT molecular complexity index is 1650. The average molecular weight is 809 g/mol. The molecule has 252 valence electrons. The number of nitrogens with one attached hydrogen (secondary N) is 4. The Morgan fingerprint density at radius 1 is 0.625 bits per heavy atom. The van der Waals surface area contributed by atoms with Crippen LogP contribution in [0.1, 0.15) is 46.4 Å². The Morgan fingerprint density at radius 3 is 1.35 bits per heavy atom. The highest BCUT2D eigenvalue weighted by Gasteiger charge is 2.41. The molecule has 4 rings (SSSR count). The van der Waals surface area contributed by atoms with E-state index in [9.17, 15) is 28.8 Å². The molecule has 12 nitrogen and oxygen atoms in total. The first-order chi connectivity index (χ1) is 22.8. The molecule has 2 aliphatic heterocycles. The van der Waals surface area contributed by atoms with Crippen molar-refractivity contribution in [3.63, 3.8) is 0 Å². The lowest BCUT2D eigenvalue weighted by Gasteiger charge is -2.15. The number of carbonyl (C=O) groups is 6. The molecule has 48 heavy (non-hydrogen) atoms. The van der Waals surface area contributed by atoms with Gasteiger partial charge in [0.15, 0.2) is 0 Å². The van der Waals surface area contributed by atoms with Crippen LogP contribution >= 0.6 is 94.4 Å². The summed E-state index contributed by atoms with van der Waals surface area (Å²) in [7, 11) is 0. The first kappa shape index (κ1) is 37.9. The van der Waals surface area contributed by atoms with E-state index in [1.54, 1.807) is 0 Å². The fourth-order valence-electron chi connectivity index (χ4n) is 4.11. The molecule has 0 saturated carbocycles. The van der Waals surface area contributed by atoms with Gasteiger partial charge in [-0.25, -0.2) is 0 Å². The summed E-state index contributed by atoms with van der Waals surface area (Å²) in [6, 6.07) is 8.60. The summed E-state index contributed by atoms with van der Waals surface area (Å²) in [5.41, 5.74) is 9.34. The number of thioether (sulfide) groups is 2. The number of hydrazine groups is 2. The zero-order valence-corrected chi connectivity index (χ0v) is 30.5. The van der Waals surface area contributed by atoms with Gasteiger partial charge in [0.05, 0.1) is 31.0 Å². The third-order valence-electron chi connectivity index (χ3n) is 6.46. The van der Waals surface area contributed by atoms with Gasteiger partial charge in [0, 0.05) is 36.0 Å². The Morgan fingerprint density at radius 2 is 1.00 bits per heavy atom. The van der Waals surface area contributed by atoms with Crippen LogP contribution in [0, 0.1) is 0 Å². The molecule has 2 fully saturated rings. The van der Waals surface area contributed by atoms with Gasteiger partial charge in [-0.3, -0.25) is 60.3 Å². The molecule has 4 N–H and O–H groups in total. The molecule has 20 heteroatoms. The third-order valence-corrected chi connectivity index (χ3v) is 10.6. The Kier molecular flexibility index (Phi) is 13.5. The number of hydrogen-bond donors (Lipinski definition) is 4. The normalized spacial score (nSPS) is 16.0. The number of benzene rings is 2. The molecule has 0 bridgehead atoms. The third kappa shape index (κ3) is 9.59. The molecule has 2 aromatic rings. The Balaban J connectivity index is 1.22. The van der Waals surface area contributed by atoms with E-state index in [2.05, 4.69) is 21.7 Å². The van der Waals surface area contributed by atoms with Crippen molar-refractivity contribution >= 4 is 138 Å². The zero-order chi connectivity index (χ0) is 35.1. The molecule has 0 atom stereocenters. The van der Waals surface area contributed by atoms with Crippen molar-refractivity contribution in [3.05, 3.63) is 77.4 Å². The summed E-state index contributed by atoms with van der Waals surface area (Å²) in [6.45, 7) is 0.184. The van der Waals surface area contributed by atoms with E-state index >= 15 is 0 Å². The summed E-state index contributed by atoms with van der Waals surface area (Å²) in [5, 5.41) is 0.944. The first-order valence-electron chi connectivity index (χ1n) is 13.7. The summed E-state index contributed by atoms with van der Waals surface area (Å²) in [4.78, 5) is 78.3. The van der Waals surface area contributed by atoms with Crippen LogP contribution in [0.5, 0.6) is 0 Å². The lowest BCUT2D eigenvalue weighted by molar-refractivity contribution is -0.125. The molecule has 0 radical (unpaired) electrons. The molecule has 0 spiro atoms. The quantitative estimate of drug-likeness (QED) is 0.146. The van der Waals surface area contributed by atoms with E-state index in [-0.39, 0.29) is 78.4 Å². The molecule has 0 unspecified atom stereocenters. The van der Waals surface area contributed by atoms with Crippen molar-refractivity contribution < 1.29 is 28.8 Å². The van der Waals surface area contributed by atoms with Gasteiger partial charge >= 0.3 is 0 Å². The monoisotopic (exact) mass is 806 g/mol. The van der Waals surface area contributed by atoms with E-state index in [0.717, 1.165) is 23.5 Å². The van der Waals surface area contributed by atoms with Gasteiger partial charge in [0.2, 0.25) is 11.8 Å². The molecule has 6 amide bonds. The fraction of sp³-hybridized carbons (Fsp3) is 0.214. The number of thiocarbonyl (C=S) groups is 2. The van der Waals surface area contributed by atoms with Gasteiger partial charge in [-0.1, -0.05) is 94.4 Å². The van der Waals surface area contributed by atoms with E-state index in [4.69, 9.17) is 70.8 Å². The highest BCUT2D eigenvalue weighted by atomic mass is 35.5. The van der Waals surface area contributed by atoms with Gasteiger partial charge in [0.25, 0.3) is 23.6 Å². The molecule has 2 aliphatic rings. The first-order valence-corrected chi connectivity index (χ1v) is 17.6. The molecule has 0 aromatic heterocycles. The number of nitrogens with zero attached hydrogens (tertiary/aromatic N) is 2. The second-order valence-electron chi connectivity index (χ2n) is 9.77. The van der Waals surface area contributed by atoms with Gasteiger partial charge in [0.1, 0.15) is 8.64 Å². The van der Waals surface area contributed by atoms with E-state index in [0.29, 0.717) is 10.0 Å². The van der Waals surface area contributed by atoms with Crippen molar-refractivity contribution in [1.82, 2.24) is 31.5 Å². The van der Waals surface area contributed by atoms with Gasteiger partial charge < -0.3 is 0 Å². The van der Waals surface area contributed by atoms with Crippen LogP contribution in [0.25, 0.3) is 0 Å². The minimum absolute atomic E-state index is 0.0464. The summed E-state index contributed by atoms with van der Waals surface area (Å²) >= 11 is 36.3. The van der Waals surface area contributed by atoms with Crippen LogP contribution in [0.2, 0.25) is 20.1 Å². The van der Waals surface area contributed by atoms with Crippen LogP contribution in [0.4, 0.5) is 0 Å². The lowest BCUT2D eigenvalue weighted by Crippen LogP contribution is -2.42. The topological polar surface area (TPSA) is 157 Å². The van der Waals surface area contributed by atoms with Crippen molar-refractivity contribution in [1.29, 1.82) is 0 Å². The predicted molar refractivity (Wildman–Crippen MR) is 193 cm³/mol. The van der Waals surface area contributed by atoms with Gasteiger partial charge in [-0.15, -0.1) is 0 Å². The van der Waals surface area contributed by atoms with Crippen LogP contribution in [-0.4, -0.2) is 67.0 Å². The average Bonchev–Trinajstić information content (AvgIpc) is 3.47. The van der Waals surface area contributed by atoms with Crippen molar-refractivity contribution in [2.75, 3.05) is 13.1 Å². The highest BCUT2D eigenvalue weighted by Crippen LogP contribution is 2.42. The fourth-order valence-corrected chi connectivity index (χ4v) is 7.87. The number of rotatable bonds is 10. The molecule has 0 aliphatic carbocycles. The van der Waals surface area contributed by atoms with E-state index in [1.807, 2.05) is 0 Å². The van der Waals surface area contributed by atoms with Crippen molar-refractivity contribution in [2.45, 2.75) is 25.7 Å². The van der Waals surface area contributed by atoms with E-state index in [1.165, 1.54) is 46.2 Å². The van der Waals surface area contributed by atoms with Crippen LogP contribution < -0.4 is 21.7 Å². The zero-order valence-electron chi connectivity index (χ0n) is 24.2. The van der Waals surface area contributed by atoms with Crippen LogP contribution in [0.3, 0.4) is 0 Å². The number of carbonyl (C=O) groups excluding carboxylic acids is 6. The summed E-state index contributed by atoms with van der Waals surface area (Å²) in [5.74, 6) is -3.28. The smallest absolute Gasteiger partial charge is 0.271 e. The SMILES string of the molecule is O=C(CCCN1C(=O)/C(=C2\SC(=S)N(CCCC(=O)NNC(=O)c3ccc(Cl)cc3Cl)C2=O)SC1=S)NNC(=O)c1ccc(Cl)cc1Cl. The maximum Gasteiger partial charge on any atom is 0.271 e.